The lowest BCUT2D eigenvalue weighted by Gasteiger charge is -2.19. The van der Waals surface area contributed by atoms with E-state index in [0.717, 1.165) is 11.1 Å². The number of sulfonamides is 1. The first-order valence-corrected chi connectivity index (χ1v) is 7.94. The van der Waals surface area contributed by atoms with Gasteiger partial charge < -0.3 is 5.11 Å². The van der Waals surface area contributed by atoms with Gasteiger partial charge in [-0.1, -0.05) is 18.2 Å². The Morgan fingerprint density at radius 3 is 2.53 bits per heavy atom. The third kappa shape index (κ3) is 3.66. The van der Waals surface area contributed by atoms with Crippen molar-refractivity contribution in [2.24, 2.45) is 0 Å². The normalized spacial score (nSPS) is 11.9. The van der Waals surface area contributed by atoms with Crippen LogP contribution in [0.3, 0.4) is 0 Å². The first-order valence-electron chi connectivity index (χ1n) is 5.70. The molecule has 0 fully saturated rings. The standard InChI is InChI=1S/C13H18BrNO3S/c1-9(2)7-15(4)19(17,18)12-6-11(8-16)5-10(3)13(12)14/h5-6,16H,1,7-8H2,2-4H3. The molecule has 0 aromatic heterocycles. The average molecular weight is 348 g/mol. The van der Waals surface area contributed by atoms with Crippen molar-refractivity contribution in [3.63, 3.8) is 0 Å². The van der Waals surface area contributed by atoms with E-state index in [1.165, 1.54) is 17.4 Å². The van der Waals surface area contributed by atoms with Crippen LogP contribution in [0.4, 0.5) is 0 Å². The van der Waals surface area contributed by atoms with Crippen LogP contribution in [0, 0.1) is 6.92 Å². The quantitative estimate of drug-likeness (QED) is 0.832. The Balaban J connectivity index is 3.35. The van der Waals surface area contributed by atoms with Gasteiger partial charge in [-0.15, -0.1) is 0 Å². The summed E-state index contributed by atoms with van der Waals surface area (Å²) in [6.45, 7) is 7.35. The lowest BCUT2D eigenvalue weighted by molar-refractivity contribution is 0.281. The number of halogens is 1. The van der Waals surface area contributed by atoms with Crippen LogP contribution in [0.1, 0.15) is 18.1 Å². The van der Waals surface area contributed by atoms with Crippen LogP contribution in [0.2, 0.25) is 0 Å². The van der Waals surface area contributed by atoms with E-state index < -0.39 is 10.0 Å². The van der Waals surface area contributed by atoms with Crippen LogP contribution in [-0.4, -0.2) is 31.4 Å². The number of aliphatic hydroxyl groups excluding tert-OH is 1. The van der Waals surface area contributed by atoms with Gasteiger partial charge >= 0.3 is 0 Å². The molecule has 0 atom stereocenters. The molecule has 0 unspecified atom stereocenters. The summed E-state index contributed by atoms with van der Waals surface area (Å²) < 4.78 is 26.7. The summed E-state index contributed by atoms with van der Waals surface area (Å²) in [6.07, 6.45) is 0. The van der Waals surface area contributed by atoms with E-state index in [9.17, 15) is 13.5 Å². The minimum atomic E-state index is -3.61. The molecule has 0 aliphatic carbocycles. The Morgan fingerprint density at radius 1 is 1.47 bits per heavy atom. The van der Waals surface area contributed by atoms with E-state index in [-0.39, 0.29) is 18.0 Å². The second kappa shape index (κ2) is 6.17. The molecule has 6 heteroatoms. The molecule has 0 heterocycles. The maximum Gasteiger partial charge on any atom is 0.244 e. The van der Waals surface area contributed by atoms with Crippen LogP contribution in [0.5, 0.6) is 0 Å². The summed E-state index contributed by atoms with van der Waals surface area (Å²) in [5.41, 5.74) is 2.11. The maximum absolute atomic E-state index is 12.5. The highest BCUT2D eigenvalue weighted by molar-refractivity contribution is 9.10. The first-order chi connectivity index (χ1) is 8.70. The topological polar surface area (TPSA) is 57.6 Å². The molecule has 1 rings (SSSR count). The van der Waals surface area contributed by atoms with Crippen LogP contribution in [0.25, 0.3) is 0 Å². The van der Waals surface area contributed by atoms with E-state index in [0.29, 0.717) is 10.0 Å². The third-order valence-electron chi connectivity index (χ3n) is 2.64. The van der Waals surface area contributed by atoms with E-state index in [4.69, 9.17) is 0 Å². The van der Waals surface area contributed by atoms with Gasteiger partial charge in [-0.25, -0.2) is 8.42 Å². The van der Waals surface area contributed by atoms with Crippen molar-refractivity contribution in [2.45, 2.75) is 25.3 Å². The van der Waals surface area contributed by atoms with Crippen molar-refractivity contribution in [3.05, 3.63) is 39.9 Å². The van der Waals surface area contributed by atoms with E-state index in [2.05, 4.69) is 22.5 Å². The van der Waals surface area contributed by atoms with Crippen LogP contribution in [0.15, 0.2) is 33.7 Å². The summed E-state index contributed by atoms with van der Waals surface area (Å²) in [5, 5.41) is 9.19. The van der Waals surface area contributed by atoms with Gasteiger partial charge in [-0.3, -0.25) is 0 Å². The van der Waals surface area contributed by atoms with Crippen molar-refractivity contribution < 1.29 is 13.5 Å². The molecule has 0 amide bonds. The molecule has 0 radical (unpaired) electrons. The van der Waals surface area contributed by atoms with Gasteiger partial charge in [0.15, 0.2) is 0 Å². The average Bonchev–Trinajstić information content (AvgIpc) is 2.31. The van der Waals surface area contributed by atoms with E-state index >= 15 is 0 Å². The summed E-state index contributed by atoms with van der Waals surface area (Å²) in [6, 6.07) is 3.24. The molecule has 1 aromatic carbocycles. The highest BCUT2D eigenvalue weighted by atomic mass is 79.9. The number of hydrogen-bond acceptors (Lipinski definition) is 3. The molecule has 0 aliphatic heterocycles. The largest absolute Gasteiger partial charge is 0.392 e. The zero-order valence-corrected chi connectivity index (χ0v) is 13.7. The maximum atomic E-state index is 12.5. The Morgan fingerprint density at radius 2 is 2.05 bits per heavy atom. The second-order valence-electron chi connectivity index (χ2n) is 4.60. The lowest BCUT2D eigenvalue weighted by atomic mass is 10.1. The number of aryl methyl sites for hydroxylation is 1. The fourth-order valence-electron chi connectivity index (χ4n) is 1.72. The van der Waals surface area contributed by atoms with Crippen LogP contribution < -0.4 is 0 Å². The van der Waals surface area contributed by atoms with Gasteiger partial charge in [0.2, 0.25) is 10.0 Å². The molecule has 0 saturated heterocycles. The highest BCUT2D eigenvalue weighted by Gasteiger charge is 2.24. The monoisotopic (exact) mass is 347 g/mol. The number of likely N-dealkylation sites (N-methyl/N-ethyl adjacent to an activating group) is 1. The first kappa shape index (κ1) is 16.4. The Bertz CT molecular complexity index is 596. The summed E-state index contributed by atoms with van der Waals surface area (Å²) in [5.74, 6) is 0. The summed E-state index contributed by atoms with van der Waals surface area (Å²) >= 11 is 3.30. The minimum Gasteiger partial charge on any atom is -0.392 e. The summed E-state index contributed by atoms with van der Waals surface area (Å²) in [4.78, 5) is 0.167. The molecule has 0 bridgehead atoms. The van der Waals surface area contributed by atoms with Crippen molar-refractivity contribution in [2.75, 3.05) is 13.6 Å². The lowest BCUT2D eigenvalue weighted by Crippen LogP contribution is -2.28. The molecule has 0 aliphatic rings. The number of benzene rings is 1. The van der Waals surface area contributed by atoms with Crippen LogP contribution in [-0.2, 0) is 16.6 Å². The molecule has 1 N–H and O–H groups in total. The van der Waals surface area contributed by atoms with Gasteiger partial charge in [0, 0.05) is 18.1 Å². The van der Waals surface area contributed by atoms with E-state index in [1.54, 1.807) is 19.9 Å². The van der Waals surface area contributed by atoms with Gasteiger partial charge in [0.05, 0.1) is 11.5 Å². The van der Waals surface area contributed by atoms with Gasteiger partial charge in [-0.05, 0) is 47.0 Å². The summed E-state index contributed by atoms with van der Waals surface area (Å²) in [7, 11) is -2.09. The number of aliphatic hydroxyl groups is 1. The van der Waals surface area contributed by atoms with Crippen molar-refractivity contribution in [3.8, 4) is 0 Å². The molecular formula is C13H18BrNO3S. The molecule has 106 valence electrons. The zero-order chi connectivity index (χ0) is 14.8. The SMILES string of the molecule is C=C(C)CN(C)S(=O)(=O)c1cc(CO)cc(C)c1Br. The predicted octanol–water partition coefficient (Wildman–Crippen LogP) is 2.45. The molecule has 0 spiro atoms. The fourth-order valence-corrected chi connectivity index (χ4v) is 3.98. The predicted molar refractivity (Wildman–Crippen MR) is 79.4 cm³/mol. The van der Waals surface area contributed by atoms with Crippen molar-refractivity contribution in [1.29, 1.82) is 0 Å². The van der Waals surface area contributed by atoms with E-state index in [1.807, 2.05) is 0 Å². The highest BCUT2D eigenvalue weighted by Crippen LogP contribution is 2.29. The van der Waals surface area contributed by atoms with Gasteiger partial charge in [0.25, 0.3) is 0 Å². The molecule has 19 heavy (non-hydrogen) atoms. The smallest absolute Gasteiger partial charge is 0.244 e. The number of hydrogen-bond donors (Lipinski definition) is 1. The molecule has 0 saturated carbocycles. The minimum absolute atomic E-state index is 0.167. The molecule has 4 nitrogen and oxygen atoms in total. The molecule has 1 aromatic rings. The third-order valence-corrected chi connectivity index (χ3v) is 5.79. The molecular weight excluding hydrogens is 330 g/mol. The fraction of sp³-hybridized carbons (Fsp3) is 0.385. The Kier molecular flexibility index (Phi) is 5.32. The second-order valence-corrected chi connectivity index (χ2v) is 7.41. The Labute approximate surface area is 122 Å². The van der Waals surface area contributed by atoms with Crippen molar-refractivity contribution in [1.82, 2.24) is 4.31 Å². The Hall–Kier alpha value is -0.690. The zero-order valence-electron chi connectivity index (χ0n) is 11.3. The van der Waals surface area contributed by atoms with Crippen LogP contribution >= 0.6 is 15.9 Å². The number of rotatable bonds is 5. The number of nitrogens with zero attached hydrogens (tertiary/aromatic N) is 1. The van der Waals surface area contributed by atoms with Gasteiger partial charge in [-0.2, -0.15) is 4.31 Å². The van der Waals surface area contributed by atoms with Crippen molar-refractivity contribution >= 4 is 26.0 Å². The van der Waals surface area contributed by atoms with Gasteiger partial charge in [0.1, 0.15) is 0 Å².